The van der Waals surface area contributed by atoms with E-state index in [4.69, 9.17) is 16.7 Å². The van der Waals surface area contributed by atoms with E-state index < -0.39 is 12.5 Å². The van der Waals surface area contributed by atoms with Crippen molar-refractivity contribution in [3.05, 3.63) is 16.5 Å². The third kappa shape index (κ3) is 3.05. The van der Waals surface area contributed by atoms with Crippen LogP contribution < -0.4 is 5.32 Å². The van der Waals surface area contributed by atoms with Crippen LogP contribution in [0.1, 0.15) is 30.1 Å². The summed E-state index contributed by atoms with van der Waals surface area (Å²) in [5.74, 6) is 1.37. The highest BCUT2D eigenvalue weighted by atomic mass is 35.5. The van der Waals surface area contributed by atoms with Crippen molar-refractivity contribution in [3.8, 4) is 0 Å². The largest absolute Gasteiger partial charge is 0.385 e. The molecule has 0 bridgehead atoms. The Bertz CT molecular complexity index is 441. The molecule has 18 heavy (non-hydrogen) atoms. The molecule has 0 saturated heterocycles. The number of anilines is 1. The van der Waals surface area contributed by atoms with E-state index in [0.717, 1.165) is 12.8 Å². The maximum absolute atomic E-state index is 12.2. The fraction of sp³-hybridized carbons (Fsp3) is 0.636. The maximum Gasteiger partial charge on any atom is 0.265 e. The third-order valence-corrected chi connectivity index (χ3v) is 3.18. The van der Waals surface area contributed by atoms with Crippen LogP contribution in [0.4, 0.5) is 14.6 Å². The summed E-state index contributed by atoms with van der Waals surface area (Å²) < 4.78 is 24.4. The number of halogens is 3. The first-order valence-corrected chi connectivity index (χ1v) is 6.11. The van der Waals surface area contributed by atoms with E-state index in [1.54, 1.807) is 6.92 Å². The van der Waals surface area contributed by atoms with Crippen molar-refractivity contribution in [1.29, 1.82) is 0 Å². The Kier molecular flexibility index (Phi) is 3.97. The first-order valence-electron chi connectivity index (χ1n) is 5.73. The van der Waals surface area contributed by atoms with Gasteiger partial charge in [0, 0.05) is 18.0 Å². The molecule has 0 amide bonds. The highest BCUT2D eigenvalue weighted by Gasteiger charge is 2.28. The van der Waals surface area contributed by atoms with Crippen LogP contribution >= 0.6 is 11.6 Å². The van der Waals surface area contributed by atoms with Crippen molar-refractivity contribution in [2.24, 2.45) is 0 Å². The summed E-state index contributed by atoms with van der Waals surface area (Å²) in [6, 6.07) is 0. The second-order valence-electron chi connectivity index (χ2n) is 4.40. The van der Waals surface area contributed by atoms with Crippen LogP contribution in [-0.2, 0) is 0 Å². The predicted octanol–water partition coefficient (Wildman–Crippen LogP) is 2.35. The van der Waals surface area contributed by atoms with Gasteiger partial charge in [0.25, 0.3) is 6.43 Å². The third-order valence-electron chi connectivity index (χ3n) is 2.82. The SMILES string of the molecule is Cc1c(Cl)nc(C2CC2)nc1NCC(O)C(F)F. The van der Waals surface area contributed by atoms with Crippen LogP contribution in [0.2, 0.25) is 5.15 Å². The zero-order chi connectivity index (χ0) is 13.3. The Morgan fingerprint density at radius 3 is 2.67 bits per heavy atom. The van der Waals surface area contributed by atoms with Crippen LogP contribution in [0.5, 0.6) is 0 Å². The monoisotopic (exact) mass is 277 g/mol. The van der Waals surface area contributed by atoms with E-state index in [1.165, 1.54) is 0 Å². The molecule has 0 radical (unpaired) electrons. The predicted molar refractivity (Wildman–Crippen MR) is 64.3 cm³/mol. The van der Waals surface area contributed by atoms with E-state index in [9.17, 15) is 8.78 Å². The zero-order valence-corrected chi connectivity index (χ0v) is 10.6. The number of hydrogen-bond acceptors (Lipinski definition) is 4. The second-order valence-corrected chi connectivity index (χ2v) is 4.76. The Hall–Kier alpha value is -1.01. The lowest BCUT2D eigenvalue weighted by Crippen LogP contribution is -2.27. The minimum atomic E-state index is -2.78. The summed E-state index contributed by atoms with van der Waals surface area (Å²) in [6.07, 6.45) is -2.45. The maximum atomic E-state index is 12.2. The quantitative estimate of drug-likeness (QED) is 0.811. The van der Waals surface area contributed by atoms with Gasteiger partial charge in [-0.25, -0.2) is 18.7 Å². The average molecular weight is 278 g/mol. The number of rotatable bonds is 5. The molecule has 1 heterocycles. The van der Waals surface area contributed by atoms with E-state index in [2.05, 4.69) is 15.3 Å². The molecule has 1 aromatic rings. The molecule has 1 atom stereocenters. The van der Waals surface area contributed by atoms with Crippen molar-refractivity contribution < 1.29 is 13.9 Å². The molecule has 2 N–H and O–H groups in total. The van der Waals surface area contributed by atoms with E-state index in [0.29, 0.717) is 28.3 Å². The molecule has 2 rings (SSSR count). The van der Waals surface area contributed by atoms with Gasteiger partial charge in [0.05, 0.1) is 0 Å². The van der Waals surface area contributed by atoms with Crippen LogP contribution in [0.15, 0.2) is 0 Å². The molecule has 1 aliphatic rings. The van der Waals surface area contributed by atoms with Crippen molar-refractivity contribution in [1.82, 2.24) is 9.97 Å². The molecular formula is C11H14ClF2N3O. The topological polar surface area (TPSA) is 58.0 Å². The summed E-state index contributed by atoms with van der Waals surface area (Å²) in [4.78, 5) is 8.43. The van der Waals surface area contributed by atoms with Gasteiger partial charge in [-0.3, -0.25) is 0 Å². The van der Waals surface area contributed by atoms with Crippen molar-refractivity contribution in [2.75, 3.05) is 11.9 Å². The number of nitrogens with zero attached hydrogens (tertiary/aromatic N) is 2. The van der Waals surface area contributed by atoms with Crippen LogP contribution in [0, 0.1) is 6.92 Å². The van der Waals surface area contributed by atoms with Crippen LogP contribution in [0.3, 0.4) is 0 Å². The number of nitrogens with one attached hydrogen (secondary N) is 1. The van der Waals surface area contributed by atoms with Crippen molar-refractivity contribution in [3.63, 3.8) is 0 Å². The lowest BCUT2D eigenvalue weighted by molar-refractivity contribution is 0.00380. The molecule has 7 heteroatoms. The minimum Gasteiger partial charge on any atom is -0.385 e. The number of aromatic nitrogens is 2. The van der Waals surface area contributed by atoms with Gasteiger partial charge in [-0.2, -0.15) is 0 Å². The Morgan fingerprint density at radius 2 is 2.11 bits per heavy atom. The minimum absolute atomic E-state index is 0.268. The van der Waals surface area contributed by atoms with Gasteiger partial charge >= 0.3 is 0 Å². The molecule has 1 unspecified atom stereocenters. The molecule has 100 valence electrons. The first kappa shape index (κ1) is 13.4. The smallest absolute Gasteiger partial charge is 0.265 e. The standard InChI is InChI=1S/C11H14ClF2N3O/c1-5-8(12)16-11(6-2-3-6)17-10(5)15-4-7(18)9(13)14/h6-7,9,18H,2-4H2,1H3,(H,15,16,17). The number of alkyl halides is 2. The Morgan fingerprint density at radius 1 is 1.44 bits per heavy atom. The van der Waals surface area contributed by atoms with E-state index in [1.807, 2.05) is 0 Å². The Labute approximate surface area is 108 Å². The van der Waals surface area contributed by atoms with E-state index in [-0.39, 0.29) is 6.54 Å². The van der Waals surface area contributed by atoms with E-state index >= 15 is 0 Å². The molecular weight excluding hydrogens is 264 g/mol. The number of hydrogen-bond donors (Lipinski definition) is 2. The van der Waals surface area contributed by atoms with Gasteiger partial charge in [0.2, 0.25) is 0 Å². The van der Waals surface area contributed by atoms with Crippen LogP contribution in [0.25, 0.3) is 0 Å². The average Bonchev–Trinajstić information content (AvgIpc) is 3.14. The van der Waals surface area contributed by atoms with Crippen molar-refractivity contribution in [2.45, 2.75) is 38.2 Å². The number of aliphatic hydroxyl groups is 1. The van der Waals surface area contributed by atoms with Gasteiger partial charge in [-0.05, 0) is 19.8 Å². The fourth-order valence-corrected chi connectivity index (χ4v) is 1.67. The highest BCUT2D eigenvalue weighted by molar-refractivity contribution is 6.30. The summed E-state index contributed by atoms with van der Waals surface area (Å²) in [6.45, 7) is 1.44. The molecule has 0 spiro atoms. The van der Waals surface area contributed by atoms with Crippen molar-refractivity contribution >= 4 is 17.4 Å². The van der Waals surface area contributed by atoms with Crippen LogP contribution in [-0.4, -0.2) is 34.1 Å². The molecule has 1 fully saturated rings. The fourth-order valence-electron chi connectivity index (χ4n) is 1.49. The normalized spacial score (nSPS) is 17.0. The molecule has 1 aromatic heterocycles. The molecule has 0 aromatic carbocycles. The molecule has 4 nitrogen and oxygen atoms in total. The number of aliphatic hydroxyl groups excluding tert-OH is 1. The zero-order valence-electron chi connectivity index (χ0n) is 9.83. The summed E-state index contributed by atoms with van der Waals surface area (Å²) >= 11 is 5.97. The first-order chi connectivity index (χ1) is 8.49. The highest BCUT2D eigenvalue weighted by Crippen LogP contribution is 2.39. The lowest BCUT2D eigenvalue weighted by Gasteiger charge is -2.14. The van der Waals surface area contributed by atoms with Gasteiger partial charge in [0.15, 0.2) is 0 Å². The summed E-state index contributed by atoms with van der Waals surface area (Å²) in [5, 5.41) is 12.1. The molecule has 0 aliphatic heterocycles. The van der Waals surface area contributed by atoms with Gasteiger partial charge < -0.3 is 10.4 Å². The van der Waals surface area contributed by atoms with Gasteiger partial charge in [-0.15, -0.1) is 0 Å². The molecule has 1 aliphatic carbocycles. The Balaban J connectivity index is 2.11. The summed E-state index contributed by atoms with van der Waals surface area (Å²) in [5.41, 5.74) is 0.600. The van der Waals surface area contributed by atoms with Gasteiger partial charge in [-0.1, -0.05) is 11.6 Å². The second kappa shape index (κ2) is 5.32. The lowest BCUT2D eigenvalue weighted by atomic mass is 10.3. The van der Waals surface area contributed by atoms with Gasteiger partial charge in [0.1, 0.15) is 22.9 Å². The summed E-state index contributed by atoms with van der Waals surface area (Å²) in [7, 11) is 0. The molecule has 1 saturated carbocycles.